The van der Waals surface area contributed by atoms with Crippen molar-refractivity contribution in [3.63, 3.8) is 0 Å². The number of hydrogen-bond acceptors (Lipinski definition) is 3. The van der Waals surface area contributed by atoms with Gasteiger partial charge in [-0.3, -0.25) is 4.79 Å². The third-order valence-electron chi connectivity index (χ3n) is 4.67. The molecule has 0 aromatic heterocycles. The molecule has 0 aromatic carbocycles. The highest BCUT2D eigenvalue weighted by atomic mass is 16.5. The van der Waals surface area contributed by atoms with Crippen LogP contribution in [-0.2, 0) is 9.53 Å². The lowest BCUT2D eigenvalue weighted by Crippen LogP contribution is -2.43. The van der Waals surface area contributed by atoms with Crippen molar-refractivity contribution in [3.8, 4) is 0 Å². The predicted molar refractivity (Wildman–Crippen MR) is 72.3 cm³/mol. The largest absolute Gasteiger partial charge is 0.469 e. The Morgan fingerprint density at radius 3 is 2.39 bits per heavy atom. The van der Waals surface area contributed by atoms with Gasteiger partial charge in [0.1, 0.15) is 0 Å². The molecule has 104 valence electrons. The van der Waals surface area contributed by atoms with Crippen molar-refractivity contribution in [1.82, 2.24) is 5.32 Å². The third kappa shape index (κ3) is 3.71. The van der Waals surface area contributed by atoms with Gasteiger partial charge < -0.3 is 10.1 Å². The Morgan fingerprint density at radius 1 is 1.06 bits per heavy atom. The van der Waals surface area contributed by atoms with Crippen LogP contribution in [0.3, 0.4) is 0 Å². The van der Waals surface area contributed by atoms with Gasteiger partial charge in [-0.05, 0) is 44.4 Å². The smallest absolute Gasteiger partial charge is 0.308 e. The second kappa shape index (κ2) is 6.55. The molecular formula is C15H27NO2. The molecular weight excluding hydrogens is 226 g/mol. The number of nitrogens with one attached hydrogen (secondary N) is 1. The van der Waals surface area contributed by atoms with E-state index in [0.717, 1.165) is 31.6 Å². The van der Waals surface area contributed by atoms with E-state index in [2.05, 4.69) is 12.2 Å². The van der Waals surface area contributed by atoms with E-state index in [9.17, 15) is 4.79 Å². The topological polar surface area (TPSA) is 38.3 Å². The highest BCUT2D eigenvalue weighted by Gasteiger charge is 2.28. The number of rotatable bonds is 3. The average molecular weight is 253 g/mol. The Hall–Kier alpha value is -0.570. The molecule has 0 spiro atoms. The number of methoxy groups -OCH3 is 1. The molecule has 18 heavy (non-hydrogen) atoms. The Balaban J connectivity index is 1.71. The van der Waals surface area contributed by atoms with Crippen molar-refractivity contribution in [1.29, 1.82) is 0 Å². The van der Waals surface area contributed by atoms with Crippen LogP contribution in [0.2, 0.25) is 0 Å². The SMILES string of the molecule is COC(=O)C1CCC(NC2CCCC(C)C2)CC1. The highest BCUT2D eigenvalue weighted by Crippen LogP contribution is 2.28. The van der Waals surface area contributed by atoms with Crippen molar-refractivity contribution in [3.05, 3.63) is 0 Å². The maximum Gasteiger partial charge on any atom is 0.308 e. The molecule has 0 bridgehead atoms. The molecule has 3 nitrogen and oxygen atoms in total. The van der Waals surface area contributed by atoms with E-state index >= 15 is 0 Å². The number of hydrogen-bond donors (Lipinski definition) is 1. The van der Waals surface area contributed by atoms with Crippen LogP contribution in [-0.4, -0.2) is 25.2 Å². The molecule has 0 radical (unpaired) electrons. The molecule has 2 aliphatic rings. The number of esters is 1. The van der Waals surface area contributed by atoms with Crippen LogP contribution in [0, 0.1) is 11.8 Å². The molecule has 2 saturated carbocycles. The second-order valence-corrected chi connectivity index (χ2v) is 6.21. The van der Waals surface area contributed by atoms with Crippen molar-refractivity contribution >= 4 is 5.97 Å². The zero-order chi connectivity index (χ0) is 13.0. The lowest BCUT2D eigenvalue weighted by atomic mass is 9.83. The quantitative estimate of drug-likeness (QED) is 0.786. The summed E-state index contributed by atoms with van der Waals surface area (Å²) >= 11 is 0. The van der Waals surface area contributed by atoms with E-state index in [1.165, 1.54) is 32.8 Å². The van der Waals surface area contributed by atoms with Gasteiger partial charge in [0.2, 0.25) is 0 Å². The fraction of sp³-hybridized carbons (Fsp3) is 0.933. The zero-order valence-corrected chi connectivity index (χ0v) is 11.8. The fourth-order valence-electron chi connectivity index (χ4n) is 3.58. The summed E-state index contributed by atoms with van der Waals surface area (Å²) in [7, 11) is 1.50. The first kappa shape index (κ1) is 13.9. The average Bonchev–Trinajstić information content (AvgIpc) is 2.39. The minimum atomic E-state index is -0.0141. The van der Waals surface area contributed by atoms with Crippen LogP contribution < -0.4 is 5.32 Å². The third-order valence-corrected chi connectivity index (χ3v) is 4.67. The van der Waals surface area contributed by atoms with Gasteiger partial charge in [-0.25, -0.2) is 0 Å². The number of carbonyl (C=O) groups excluding carboxylic acids is 1. The maximum absolute atomic E-state index is 11.5. The minimum Gasteiger partial charge on any atom is -0.469 e. The van der Waals surface area contributed by atoms with Gasteiger partial charge in [0.05, 0.1) is 13.0 Å². The van der Waals surface area contributed by atoms with Crippen molar-refractivity contribution in [2.24, 2.45) is 11.8 Å². The zero-order valence-electron chi connectivity index (χ0n) is 11.8. The van der Waals surface area contributed by atoms with Crippen LogP contribution in [0.15, 0.2) is 0 Å². The van der Waals surface area contributed by atoms with Gasteiger partial charge in [0.25, 0.3) is 0 Å². The summed E-state index contributed by atoms with van der Waals surface area (Å²) < 4.78 is 4.83. The van der Waals surface area contributed by atoms with E-state index in [1.807, 2.05) is 0 Å². The summed E-state index contributed by atoms with van der Waals surface area (Å²) in [6, 6.07) is 1.34. The number of ether oxygens (including phenoxy) is 1. The molecule has 0 aliphatic heterocycles. The van der Waals surface area contributed by atoms with Crippen molar-refractivity contribution in [2.75, 3.05) is 7.11 Å². The van der Waals surface area contributed by atoms with Crippen molar-refractivity contribution < 1.29 is 9.53 Å². The van der Waals surface area contributed by atoms with E-state index in [4.69, 9.17) is 4.74 Å². The molecule has 0 aromatic rings. The summed E-state index contributed by atoms with van der Waals surface area (Å²) in [5.74, 6) is 1.01. The van der Waals surface area contributed by atoms with Gasteiger partial charge in [0, 0.05) is 12.1 Å². The first-order chi connectivity index (χ1) is 8.69. The second-order valence-electron chi connectivity index (χ2n) is 6.21. The molecule has 1 N–H and O–H groups in total. The molecule has 2 atom stereocenters. The predicted octanol–water partition coefficient (Wildman–Crippen LogP) is 2.89. The monoisotopic (exact) mass is 253 g/mol. The van der Waals surface area contributed by atoms with E-state index < -0.39 is 0 Å². The Morgan fingerprint density at radius 2 is 1.78 bits per heavy atom. The van der Waals surface area contributed by atoms with Gasteiger partial charge in [-0.2, -0.15) is 0 Å². The van der Waals surface area contributed by atoms with Crippen molar-refractivity contribution in [2.45, 2.75) is 70.4 Å². The fourth-order valence-corrected chi connectivity index (χ4v) is 3.58. The molecule has 0 saturated heterocycles. The minimum absolute atomic E-state index is 0.0141. The summed E-state index contributed by atoms with van der Waals surface area (Å²) in [5.41, 5.74) is 0. The van der Waals surface area contributed by atoms with Crippen LogP contribution >= 0.6 is 0 Å². The van der Waals surface area contributed by atoms with E-state index in [1.54, 1.807) is 0 Å². The molecule has 2 unspecified atom stereocenters. The maximum atomic E-state index is 11.5. The standard InChI is InChI=1S/C15H27NO2/c1-11-4-3-5-14(10-11)16-13-8-6-12(7-9-13)15(17)18-2/h11-14,16H,3-10H2,1-2H3. The lowest BCUT2D eigenvalue weighted by Gasteiger charge is -2.34. The molecule has 0 heterocycles. The van der Waals surface area contributed by atoms with Crippen LogP contribution in [0.4, 0.5) is 0 Å². The molecule has 2 rings (SSSR count). The molecule has 0 amide bonds. The Kier molecular flexibility index (Phi) is 5.04. The van der Waals surface area contributed by atoms with Crippen LogP contribution in [0.5, 0.6) is 0 Å². The van der Waals surface area contributed by atoms with E-state index in [0.29, 0.717) is 12.1 Å². The van der Waals surface area contributed by atoms with Gasteiger partial charge in [0.15, 0.2) is 0 Å². The van der Waals surface area contributed by atoms with E-state index in [-0.39, 0.29) is 11.9 Å². The molecule has 2 fully saturated rings. The molecule has 2 aliphatic carbocycles. The normalized spacial score (nSPS) is 37.2. The summed E-state index contributed by atoms with van der Waals surface area (Å²) in [6.45, 7) is 2.36. The Bertz CT molecular complexity index is 272. The lowest BCUT2D eigenvalue weighted by molar-refractivity contribution is -0.146. The van der Waals surface area contributed by atoms with Crippen LogP contribution in [0.1, 0.15) is 58.3 Å². The number of carbonyl (C=O) groups is 1. The van der Waals surface area contributed by atoms with Gasteiger partial charge >= 0.3 is 5.97 Å². The van der Waals surface area contributed by atoms with Gasteiger partial charge in [-0.1, -0.05) is 19.8 Å². The summed E-state index contributed by atoms with van der Waals surface area (Å²) in [5, 5.41) is 3.81. The summed E-state index contributed by atoms with van der Waals surface area (Å²) in [4.78, 5) is 11.5. The highest BCUT2D eigenvalue weighted by molar-refractivity contribution is 5.72. The summed E-state index contributed by atoms with van der Waals surface area (Å²) in [6.07, 6.45) is 9.68. The van der Waals surface area contributed by atoms with Crippen LogP contribution in [0.25, 0.3) is 0 Å². The molecule has 3 heteroatoms. The first-order valence-corrected chi connectivity index (χ1v) is 7.53. The Labute approximate surface area is 111 Å². The first-order valence-electron chi connectivity index (χ1n) is 7.53. The van der Waals surface area contributed by atoms with Gasteiger partial charge in [-0.15, -0.1) is 0 Å².